The highest BCUT2D eigenvalue weighted by molar-refractivity contribution is 5.93. The van der Waals surface area contributed by atoms with Gasteiger partial charge in [-0.1, -0.05) is 24.3 Å². The summed E-state index contributed by atoms with van der Waals surface area (Å²) in [6.45, 7) is 1.22. The van der Waals surface area contributed by atoms with Gasteiger partial charge in [-0.3, -0.25) is 4.79 Å². The van der Waals surface area contributed by atoms with Crippen LogP contribution in [0.3, 0.4) is 0 Å². The van der Waals surface area contributed by atoms with Gasteiger partial charge in [0, 0.05) is 12.6 Å². The maximum atomic E-state index is 10.6. The van der Waals surface area contributed by atoms with Gasteiger partial charge in [-0.15, -0.1) is 0 Å². The summed E-state index contributed by atoms with van der Waals surface area (Å²) >= 11 is 0. The summed E-state index contributed by atoms with van der Waals surface area (Å²) in [5, 5.41) is 17.2. The number of carbonyl (C=O) groups excluding carboxylic acids is 1. The smallest absolute Gasteiger partial charge is 0.339 e. The number of aromatic carboxylic acids is 2. The summed E-state index contributed by atoms with van der Waals surface area (Å²) in [5.41, 5.74) is 5.78. The van der Waals surface area contributed by atoms with E-state index in [1.165, 1.54) is 25.1 Å². The fourth-order valence-electron chi connectivity index (χ4n) is 1.58. The van der Waals surface area contributed by atoms with Crippen LogP contribution in [-0.2, 0) is 4.79 Å². The van der Waals surface area contributed by atoms with E-state index in [0.29, 0.717) is 5.69 Å². The molecule has 4 N–H and O–H groups in total. The maximum absolute atomic E-state index is 10.6. The molecule has 0 heterocycles. The molecular weight excluding hydrogens is 302 g/mol. The molecule has 7 nitrogen and oxygen atoms in total. The van der Waals surface area contributed by atoms with E-state index in [9.17, 15) is 14.4 Å². The van der Waals surface area contributed by atoms with Crippen molar-refractivity contribution in [1.82, 2.24) is 0 Å². The van der Waals surface area contributed by atoms with E-state index >= 15 is 0 Å². The number of ether oxygens (including phenoxy) is 1. The molecule has 2 aromatic carbocycles. The summed E-state index contributed by atoms with van der Waals surface area (Å²) in [7, 11) is 0. The molecule has 120 valence electrons. The fourth-order valence-corrected chi connectivity index (χ4v) is 1.58. The Kier molecular flexibility index (Phi) is 6.30. The summed E-state index contributed by atoms with van der Waals surface area (Å²) in [5.74, 6) is -2.56. The number of rotatable bonds is 3. The van der Waals surface area contributed by atoms with Crippen LogP contribution in [0.4, 0.5) is 5.69 Å². The molecule has 0 radical (unpaired) electrons. The van der Waals surface area contributed by atoms with E-state index in [2.05, 4.69) is 4.74 Å². The number of para-hydroxylation sites is 2. The van der Waals surface area contributed by atoms with Crippen molar-refractivity contribution in [3.63, 3.8) is 0 Å². The van der Waals surface area contributed by atoms with Gasteiger partial charge >= 0.3 is 17.9 Å². The maximum Gasteiger partial charge on any atom is 0.339 e. The summed E-state index contributed by atoms with van der Waals surface area (Å²) < 4.78 is 4.69. The predicted octanol–water partition coefficient (Wildman–Crippen LogP) is 2.28. The normalized spacial score (nSPS) is 9.26. The highest BCUT2D eigenvalue weighted by Gasteiger charge is 2.11. The average molecular weight is 317 g/mol. The van der Waals surface area contributed by atoms with Crippen LogP contribution in [0.15, 0.2) is 48.5 Å². The Morgan fingerprint density at radius 1 is 0.870 bits per heavy atom. The molecule has 0 aliphatic carbocycles. The molecule has 0 aromatic heterocycles. The van der Waals surface area contributed by atoms with E-state index in [0.717, 1.165) is 0 Å². The first-order chi connectivity index (χ1) is 10.8. The Morgan fingerprint density at radius 2 is 1.35 bits per heavy atom. The molecule has 0 bridgehead atoms. The average Bonchev–Trinajstić information content (AvgIpc) is 2.47. The van der Waals surface area contributed by atoms with Gasteiger partial charge in [0.25, 0.3) is 0 Å². The van der Waals surface area contributed by atoms with Crippen molar-refractivity contribution in [3.8, 4) is 5.75 Å². The van der Waals surface area contributed by atoms with Gasteiger partial charge in [0.2, 0.25) is 0 Å². The van der Waals surface area contributed by atoms with Crippen LogP contribution in [0.1, 0.15) is 27.6 Å². The van der Waals surface area contributed by atoms with Gasteiger partial charge in [-0.2, -0.15) is 0 Å². The Labute approximate surface area is 131 Å². The predicted molar refractivity (Wildman–Crippen MR) is 82.5 cm³/mol. The highest BCUT2D eigenvalue weighted by atomic mass is 16.5. The first-order valence-corrected chi connectivity index (χ1v) is 6.41. The monoisotopic (exact) mass is 317 g/mol. The third-order valence-corrected chi connectivity index (χ3v) is 2.56. The van der Waals surface area contributed by atoms with Crippen molar-refractivity contribution in [2.75, 3.05) is 5.73 Å². The second-order valence-corrected chi connectivity index (χ2v) is 4.29. The van der Waals surface area contributed by atoms with Gasteiger partial charge in [-0.05, 0) is 24.3 Å². The van der Waals surface area contributed by atoms with E-state index in [1.54, 1.807) is 30.3 Å². The zero-order valence-electron chi connectivity index (χ0n) is 12.2. The zero-order valence-corrected chi connectivity index (χ0v) is 12.2. The third kappa shape index (κ3) is 5.50. The topological polar surface area (TPSA) is 127 Å². The van der Waals surface area contributed by atoms with Crippen LogP contribution in [-0.4, -0.2) is 28.1 Å². The minimum atomic E-state index is -1.11. The second-order valence-electron chi connectivity index (χ2n) is 4.29. The molecule has 0 amide bonds. The molecule has 0 aliphatic rings. The lowest BCUT2D eigenvalue weighted by atomic mass is 10.2. The number of benzene rings is 2. The number of esters is 1. The summed E-state index contributed by atoms with van der Waals surface area (Å²) in [6, 6.07) is 12.3. The Hall–Kier alpha value is -3.35. The molecule has 0 atom stereocenters. The minimum absolute atomic E-state index is 0.0160. The molecule has 0 spiro atoms. The molecule has 2 rings (SSSR count). The fraction of sp³-hybridized carbons (Fsp3) is 0.0625. The minimum Gasteiger partial charge on any atom is -0.478 e. The number of anilines is 1. The lowest BCUT2D eigenvalue weighted by Gasteiger charge is -2.03. The Balaban J connectivity index is 0.000000238. The molecule has 0 fully saturated rings. The number of nitrogen functional groups attached to an aromatic ring is 1. The number of nitrogens with two attached hydrogens (primary N) is 1. The van der Waals surface area contributed by atoms with Gasteiger partial charge in [0.1, 0.15) is 11.3 Å². The summed E-state index contributed by atoms with van der Waals surface area (Å²) in [6.07, 6.45) is 0. The van der Waals surface area contributed by atoms with Crippen molar-refractivity contribution in [1.29, 1.82) is 0 Å². The van der Waals surface area contributed by atoms with Crippen molar-refractivity contribution in [3.05, 3.63) is 59.7 Å². The standard InChI is InChI=1S/C9H8O4.C7H7NO2/c1-6(10)13-8-5-3-2-4-7(8)9(11)12;8-6-4-2-1-3-5(6)7(9)10/h2-5H,1H3,(H,11,12);1-4H,8H2,(H,9,10). The molecule has 0 saturated carbocycles. The molecule has 0 saturated heterocycles. The number of hydrogen-bond acceptors (Lipinski definition) is 5. The van der Waals surface area contributed by atoms with Crippen LogP contribution in [0.5, 0.6) is 5.75 Å². The number of carboxylic acid groups (broad SMARTS) is 2. The van der Waals surface area contributed by atoms with Crippen molar-refractivity contribution in [2.24, 2.45) is 0 Å². The zero-order chi connectivity index (χ0) is 17.4. The number of carboxylic acids is 2. The molecule has 2 aromatic rings. The summed E-state index contributed by atoms with van der Waals surface area (Å²) in [4.78, 5) is 31.5. The van der Waals surface area contributed by atoms with Crippen LogP contribution < -0.4 is 10.5 Å². The van der Waals surface area contributed by atoms with Gasteiger partial charge in [0.15, 0.2) is 0 Å². The molecular formula is C16H15NO6. The molecule has 23 heavy (non-hydrogen) atoms. The largest absolute Gasteiger partial charge is 0.478 e. The molecule has 0 aliphatic heterocycles. The second kappa shape index (κ2) is 8.18. The van der Waals surface area contributed by atoms with Crippen LogP contribution in [0, 0.1) is 0 Å². The highest BCUT2D eigenvalue weighted by Crippen LogP contribution is 2.17. The van der Waals surface area contributed by atoms with Gasteiger partial charge in [-0.25, -0.2) is 9.59 Å². The quantitative estimate of drug-likeness (QED) is 0.450. The first-order valence-electron chi connectivity index (χ1n) is 6.41. The first kappa shape index (κ1) is 17.7. The van der Waals surface area contributed by atoms with E-state index in [4.69, 9.17) is 15.9 Å². The van der Waals surface area contributed by atoms with Gasteiger partial charge < -0.3 is 20.7 Å². The Bertz CT molecular complexity index is 726. The van der Waals surface area contributed by atoms with Crippen molar-refractivity contribution >= 4 is 23.6 Å². The van der Waals surface area contributed by atoms with E-state index < -0.39 is 17.9 Å². The van der Waals surface area contributed by atoms with Gasteiger partial charge in [0.05, 0.1) is 5.56 Å². The number of carbonyl (C=O) groups is 3. The van der Waals surface area contributed by atoms with Crippen molar-refractivity contribution in [2.45, 2.75) is 6.92 Å². The van der Waals surface area contributed by atoms with Crippen molar-refractivity contribution < 1.29 is 29.3 Å². The lowest BCUT2D eigenvalue weighted by molar-refractivity contribution is -0.131. The van der Waals surface area contributed by atoms with E-state index in [-0.39, 0.29) is 16.9 Å². The van der Waals surface area contributed by atoms with Crippen LogP contribution in [0.25, 0.3) is 0 Å². The molecule has 7 heteroatoms. The SMILES string of the molecule is CC(=O)Oc1ccccc1C(=O)O.Nc1ccccc1C(=O)O. The Morgan fingerprint density at radius 3 is 1.78 bits per heavy atom. The van der Waals surface area contributed by atoms with Crippen LogP contribution >= 0.6 is 0 Å². The molecule has 0 unspecified atom stereocenters. The van der Waals surface area contributed by atoms with Crippen LogP contribution in [0.2, 0.25) is 0 Å². The third-order valence-electron chi connectivity index (χ3n) is 2.56. The lowest BCUT2D eigenvalue weighted by Crippen LogP contribution is -2.06. The van der Waals surface area contributed by atoms with E-state index in [1.807, 2.05) is 0 Å². The number of hydrogen-bond donors (Lipinski definition) is 3.